The summed E-state index contributed by atoms with van der Waals surface area (Å²) in [5.41, 5.74) is 0.908. The van der Waals surface area contributed by atoms with Gasteiger partial charge in [-0.25, -0.2) is 4.98 Å². The minimum atomic E-state index is 0.566. The van der Waals surface area contributed by atoms with Gasteiger partial charge in [-0.05, 0) is 36.2 Å². The number of nitrogens with zero attached hydrogens (tertiary/aromatic N) is 2. The van der Waals surface area contributed by atoms with E-state index in [9.17, 15) is 0 Å². The fourth-order valence-electron chi connectivity index (χ4n) is 1.49. The van der Waals surface area contributed by atoms with Gasteiger partial charge in [0.2, 0.25) is 5.95 Å². The third-order valence-electron chi connectivity index (χ3n) is 2.45. The van der Waals surface area contributed by atoms with Crippen molar-refractivity contribution in [2.75, 3.05) is 17.2 Å². The van der Waals surface area contributed by atoms with Crippen LogP contribution >= 0.6 is 11.6 Å². The Kier molecular flexibility index (Phi) is 4.58. The van der Waals surface area contributed by atoms with Gasteiger partial charge < -0.3 is 10.6 Å². The number of benzene rings is 1. The molecule has 4 nitrogen and oxygen atoms in total. The molecule has 0 bridgehead atoms. The molecule has 0 saturated heterocycles. The average molecular weight is 277 g/mol. The fourth-order valence-corrected chi connectivity index (χ4v) is 1.61. The lowest BCUT2D eigenvalue weighted by molar-refractivity contribution is 0.687. The van der Waals surface area contributed by atoms with Crippen LogP contribution in [-0.4, -0.2) is 16.5 Å². The zero-order valence-corrected chi connectivity index (χ0v) is 11.8. The third kappa shape index (κ3) is 4.41. The first-order valence-corrected chi connectivity index (χ1v) is 6.61. The minimum absolute atomic E-state index is 0.566. The van der Waals surface area contributed by atoms with E-state index in [-0.39, 0.29) is 0 Å². The summed E-state index contributed by atoms with van der Waals surface area (Å²) < 4.78 is 0. The van der Waals surface area contributed by atoms with Crippen LogP contribution in [0.25, 0.3) is 0 Å². The van der Waals surface area contributed by atoms with E-state index in [0.29, 0.717) is 16.9 Å². The Bertz CT molecular complexity index is 525. The summed E-state index contributed by atoms with van der Waals surface area (Å²) in [6.07, 6.45) is 1.73. The topological polar surface area (TPSA) is 49.8 Å². The molecule has 2 rings (SSSR count). The summed E-state index contributed by atoms with van der Waals surface area (Å²) in [6.45, 7) is 5.19. The molecule has 0 atom stereocenters. The van der Waals surface area contributed by atoms with E-state index in [1.54, 1.807) is 6.20 Å². The number of hydrogen-bond donors (Lipinski definition) is 2. The molecule has 0 unspecified atom stereocenters. The van der Waals surface area contributed by atoms with E-state index < -0.39 is 0 Å². The van der Waals surface area contributed by atoms with Crippen LogP contribution in [-0.2, 0) is 0 Å². The highest BCUT2D eigenvalue weighted by Crippen LogP contribution is 2.17. The fraction of sp³-hybridized carbons (Fsp3) is 0.286. The number of rotatable bonds is 5. The van der Waals surface area contributed by atoms with Crippen molar-refractivity contribution in [3.63, 3.8) is 0 Å². The number of hydrogen-bond acceptors (Lipinski definition) is 4. The molecular weight excluding hydrogens is 260 g/mol. The van der Waals surface area contributed by atoms with E-state index in [1.807, 2.05) is 30.3 Å². The van der Waals surface area contributed by atoms with Crippen molar-refractivity contribution in [3.05, 3.63) is 41.6 Å². The van der Waals surface area contributed by atoms with Crippen LogP contribution < -0.4 is 10.6 Å². The normalized spacial score (nSPS) is 10.5. The van der Waals surface area contributed by atoms with E-state index in [1.165, 1.54) is 0 Å². The predicted octanol–water partition coefficient (Wildman–Crippen LogP) is 3.94. The Balaban J connectivity index is 2.04. The lowest BCUT2D eigenvalue weighted by Gasteiger charge is -2.09. The molecule has 5 heteroatoms. The highest BCUT2D eigenvalue weighted by molar-refractivity contribution is 6.30. The van der Waals surface area contributed by atoms with Gasteiger partial charge in [-0.1, -0.05) is 25.4 Å². The number of anilines is 3. The van der Waals surface area contributed by atoms with Crippen molar-refractivity contribution in [1.29, 1.82) is 0 Å². The maximum Gasteiger partial charge on any atom is 0.229 e. The highest BCUT2D eigenvalue weighted by Gasteiger charge is 2.01. The van der Waals surface area contributed by atoms with Gasteiger partial charge in [0.1, 0.15) is 5.82 Å². The second-order valence-electron chi connectivity index (χ2n) is 4.67. The molecule has 0 amide bonds. The van der Waals surface area contributed by atoms with Gasteiger partial charge in [-0.3, -0.25) is 0 Å². The van der Waals surface area contributed by atoms with Crippen LogP contribution in [0.5, 0.6) is 0 Å². The summed E-state index contributed by atoms with van der Waals surface area (Å²) >= 11 is 5.84. The average Bonchev–Trinajstić information content (AvgIpc) is 2.40. The molecular formula is C14H17ClN4. The van der Waals surface area contributed by atoms with Crippen LogP contribution in [0.4, 0.5) is 17.5 Å². The quantitative estimate of drug-likeness (QED) is 0.868. The van der Waals surface area contributed by atoms with Gasteiger partial charge >= 0.3 is 0 Å². The van der Waals surface area contributed by atoms with Crippen molar-refractivity contribution in [1.82, 2.24) is 9.97 Å². The highest BCUT2D eigenvalue weighted by atomic mass is 35.5. The summed E-state index contributed by atoms with van der Waals surface area (Å²) in [6, 6.07) is 9.28. The molecule has 100 valence electrons. The van der Waals surface area contributed by atoms with Crippen LogP contribution in [0, 0.1) is 5.92 Å². The molecule has 0 fully saturated rings. The summed E-state index contributed by atoms with van der Waals surface area (Å²) in [5.74, 6) is 1.96. The van der Waals surface area contributed by atoms with Crippen molar-refractivity contribution in [2.24, 2.45) is 5.92 Å². The second kappa shape index (κ2) is 6.38. The smallest absolute Gasteiger partial charge is 0.229 e. The molecule has 19 heavy (non-hydrogen) atoms. The van der Waals surface area contributed by atoms with Gasteiger partial charge in [-0.15, -0.1) is 0 Å². The Hall–Kier alpha value is -1.81. The van der Waals surface area contributed by atoms with Crippen LogP contribution in [0.15, 0.2) is 36.5 Å². The third-order valence-corrected chi connectivity index (χ3v) is 2.70. The zero-order chi connectivity index (χ0) is 13.7. The summed E-state index contributed by atoms with van der Waals surface area (Å²) in [4.78, 5) is 8.59. The van der Waals surface area contributed by atoms with E-state index in [2.05, 4.69) is 34.4 Å². The molecule has 1 aromatic carbocycles. The molecule has 0 saturated carbocycles. The molecule has 1 heterocycles. The first-order valence-electron chi connectivity index (χ1n) is 6.23. The molecule has 0 aliphatic heterocycles. The number of nitrogens with one attached hydrogen (secondary N) is 2. The SMILES string of the molecule is CC(C)CNc1ccnc(Nc2ccc(Cl)cc2)n1. The molecule has 0 aliphatic rings. The Labute approximate surface area is 118 Å². The van der Waals surface area contributed by atoms with E-state index >= 15 is 0 Å². The summed E-state index contributed by atoms with van der Waals surface area (Å²) in [5, 5.41) is 7.11. The Morgan fingerprint density at radius 1 is 1.16 bits per heavy atom. The second-order valence-corrected chi connectivity index (χ2v) is 5.11. The lowest BCUT2D eigenvalue weighted by atomic mass is 10.2. The van der Waals surface area contributed by atoms with E-state index in [0.717, 1.165) is 18.1 Å². The monoisotopic (exact) mass is 276 g/mol. The lowest BCUT2D eigenvalue weighted by Crippen LogP contribution is -2.10. The van der Waals surface area contributed by atoms with Gasteiger partial charge in [0.25, 0.3) is 0 Å². The molecule has 1 aromatic heterocycles. The van der Waals surface area contributed by atoms with Gasteiger partial charge in [0, 0.05) is 23.5 Å². The van der Waals surface area contributed by atoms with Crippen LogP contribution in [0.3, 0.4) is 0 Å². The van der Waals surface area contributed by atoms with Crippen molar-refractivity contribution < 1.29 is 0 Å². The Morgan fingerprint density at radius 2 is 1.89 bits per heavy atom. The molecule has 0 radical (unpaired) electrons. The first kappa shape index (κ1) is 13.6. The maximum absolute atomic E-state index is 5.84. The maximum atomic E-state index is 5.84. The number of aromatic nitrogens is 2. The van der Waals surface area contributed by atoms with Gasteiger partial charge in [-0.2, -0.15) is 4.98 Å². The van der Waals surface area contributed by atoms with Gasteiger partial charge in [0.15, 0.2) is 0 Å². The van der Waals surface area contributed by atoms with Gasteiger partial charge in [0.05, 0.1) is 0 Å². The standard InChI is InChI=1S/C14H17ClN4/c1-10(2)9-17-13-7-8-16-14(19-13)18-12-5-3-11(15)4-6-12/h3-8,10H,9H2,1-2H3,(H2,16,17,18,19). The largest absolute Gasteiger partial charge is 0.370 e. The van der Waals surface area contributed by atoms with E-state index in [4.69, 9.17) is 11.6 Å². The van der Waals surface area contributed by atoms with Crippen LogP contribution in [0.2, 0.25) is 5.02 Å². The van der Waals surface area contributed by atoms with Crippen molar-refractivity contribution in [3.8, 4) is 0 Å². The Morgan fingerprint density at radius 3 is 2.58 bits per heavy atom. The van der Waals surface area contributed by atoms with Crippen molar-refractivity contribution in [2.45, 2.75) is 13.8 Å². The minimum Gasteiger partial charge on any atom is -0.370 e. The van der Waals surface area contributed by atoms with Crippen LogP contribution in [0.1, 0.15) is 13.8 Å². The predicted molar refractivity (Wildman–Crippen MR) is 80.1 cm³/mol. The van der Waals surface area contributed by atoms with Crippen molar-refractivity contribution >= 4 is 29.1 Å². The molecule has 2 N–H and O–H groups in total. The zero-order valence-electron chi connectivity index (χ0n) is 11.0. The summed E-state index contributed by atoms with van der Waals surface area (Å²) in [7, 11) is 0. The molecule has 2 aromatic rings. The molecule has 0 spiro atoms. The number of halogens is 1. The first-order chi connectivity index (χ1) is 9.13. The molecule has 0 aliphatic carbocycles.